The van der Waals surface area contributed by atoms with Crippen LogP contribution in [0.1, 0.15) is 41.9 Å². The Balaban J connectivity index is 1.66. The highest BCUT2D eigenvalue weighted by Gasteiger charge is 2.23. The second-order valence-corrected chi connectivity index (χ2v) is 8.94. The number of rotatable bonds is 5. The fourth-order valence-electron chi connectivity index (χ4n) is 4.59. The van der Waals surface area contributed by atoms with Gasteiger partial charge in [0.15, 0.2) is 0 Å². The molecular formula is C29H34N4O3. The molecule has 4 rings (SSSR count). The molecule has 2 aromatic carbocycles. The zero-order chi connectivity index (χ0) is 25.3. The van der Waals surface area contributed by atoms with Crippen molar-refractivity contribution in [3.8, 4) is 5.75 Å². The Morgan fingerprint density at radius 1 is 0.944 bits per heavy atom. The molecule has 7 heteroatoms. The van der Waals surface area contributed by atoms with Gasteiger partial charge in [0.2, 0.25) is 5.91 Å². The molecule has 36 heavy (non-hydrogen) atoms. The number of anilines is 1. The molecular weight excluding hydrogens is 452 g/mol. The summed E-state index contributed by atoms with van der Waals surface area (Å²) in [4.78, 5) is 36.9. The average molecular weight is 487 g/mol. The van der Waals surface area contributed by atoms with Crippen molar-refractivity contribution < 1.29 is 14.3 Å². The van der Waals surface area contributed by atoms with Gasteiger partial charge >= 0.3 is 0 Å². The highest BCUT2D eigenvalue weighted by Crippen LogP contribution is 2.25. The summed E-state index contributed by atoms with van der Waals surface area (Å²) in [5, 5.41) is 0. The van der Waals surface area contributed by atoms with Crippen LogP contribution in [-0.4, -0.2) is 59.4 Å². The quantitative estimate of drug-likeness (QED) is 0.536. The number of carbonyl (C=O) groups excluding carboxylic acids is 2. The highest BCUT2D eigenvalue weighted by atomic mass is 16.5. The SMILES string of the molecule is CCOc1cccc(C(=O)N2CCN(Cc3ccccn3)CCCN(C(C)=O)c3ccccc3C2)c1. The first-order valence-corrected chi connectivity index (χ1v) is 12.6. The molecule has 2 heterocycles. The molecule has 0 saturated carbocycles. The van der Waals surface area contributed by atoms with Crippen LogP contribution >= 0.6 is 0 Å². The van der Waals surface area contributed by atoms with Crippen molar-refractivity contribution in [2.45, 2.75) is 33.4 Å². The van der Waals surface area contributed by atoms with Gasteiger partial charge in [0, 0.05) is 63.6 Å². The number of ether oxygens (including phenoxy) is 1. The fraction of sp³-hybridized carbons (Fsp3) is 0.345. The number of pyridine rings is 1. The molecule has 0 N–H and O–H groups in total. The third-order valence-electron chi connectivity index (χ3n) is 6.36. The minimum absolute atomic E-state index is 0.000245. The molecule has 188 valence electrons. The van der Waals surface area contributed by atoms with E-state index in [0.29, 0.717) is 50.6 Å². The van der Waals surface area contributed by atoms with Crippen molar-refractivity contribution in [2.24, 2.45) is 0 Å². The summed E-state index contributed by atoms with van der Waals surface area (Å²) in [5.41, 5.74) is 3.40. The first-order chi connectivity index (χ1) is 17.5. The number of benzene rings is 2. The van der Waals surface area contributed by atoms with Gasteiger partial charge < -0.3 is 14.5 Å². The smallest absolute Gasteiger partial charge is 0.254 e. The summed E-state index contributed by atoms with van der Waals surface area (Å²) in [5.74, 6) is 0.624. The van der Waals surface area contributed by atoms with Crippen molar-refractivity contribution in [1.29, 1.82) is 0 Å². The van der Waals surface area contributed by atoms with Gasteiger partial charge in [-0.3, -0.25) is 19.5 Å². The first-order valence-electron chi connectivity index (χ1n) is 12.6. The lowest BCUT2D eigenvalue weighted by Gasteiger charge is -2.28. The molecule has 1 aromatic heterocycles. The van der Waals surface area contributed by atoms with Gasteiger partial charge in [-0.05, 0) is 55.3 Å². The lowest BCUT2D eigenvalue weighted by Crippen LogP contribution is -2.38. The van der Waals surface area contributed by atoms with Crippen LogP contribution < -0.4 is 9.64 Å². The van der Waals surface area contributed by atoms with Crippen LogP contribution in [-0.2, 0) is 17.9 Å². The largest absolute Gasteiger partial charge is 0.494 e. The second kappa shape index (κ2) is 12.3. The van der Waals surface area contributed by atoms with Crippen molar-refractivity contribution in [3.63, 3.8) is 0 Å². The zero-order valence-electron chi connectivity index (χ0n) is 21.1. The van der Waals surface area contributed by atoms with Crippen molar-refractivity contribution in [1.82, 2.24) is 14.8 Å². The Labute approximate surface area is 213 Å². The molecule has 0 fully saturated rings. The van der Waals surface area contributed by atoms with Gasteiger partial charge in [-0.15, -0.1) is 0 Å². The van der Waals surface area contributed by atoms with Crippen LogP contribution in [0.3, 0.4) is 0 Å². The van der Waals surface area contributed by atoms with E-state index in [1.54, 1.807) is 19.2 Å². The maximum Gasteiger partial charge on any atom is 0.254 e. The topological polar surface area (TPSA) is 66.0 Å². The number of hydrogen-bond acceptors (Lipinski definition) is 5. The van der Waals surface area contributed by atoms with Crippen LogP contribution in [0.2, 0.25) is 0 Å². The molecule has 0 aliphatic carbocycles. The van der Waals surface area contributed by atoms with E-state index < -0.39 is 0 Å². The Kier molecular flexibility index (Phi) is 8.68. The summed E-state index contributed by atoms with van der Waals surface area (Å²) in [6.45, 7) is 7.84. The van der Waals surface area contributed by atoms with Crippen LogP contribution in [0.4, 0.5) is 5.69 Å². The van der Waals surface area contributed by atoms with Gasteiger partial charge in [-0.25, -0.2) is 0 Å². The summed E-state index contributed by atoms with van der Waals surface area (Å²) >= 11 is 0. The molecule has 0 radical (unpaired) electrons. The number of para-hydroxylation sites is 1. The normalized spacial score (nSPS) is 15.1. The lowest BCUT2D eigenvalue weighted by atomic mass is 10.1. The summed E-state index contributed by atoms with van der Waals surface area (Å²) in [6.07, 6.45) is 2.63. The van der Waals surface area contributed by atoms with Gasteiger partial charge in [0.1, 0.15) is 5.75 Å². The molecule has 1 aliphatic rings. The Bertz CT molecular complexity index is 1170. The van der Waals surface area contributed by atoms with Gasteiger partial charge in [0.25, 0.3) is 5.91 Å². The average Bonchev–Trinajstić information content (AvgIpc) is 2.92. The molecule has 0 unspecified atom stereocenters. The maximum atomic E-state index is 13.8. The predicted octanol–water partition coefficient (Wildman–Crippen LogP) is 4.38. The Morgan fingerprint density at radius 2 is 1.78 bits per heavy atom. The number of amides is 2. The molecule has 0 bridgehead atoms. The standard InChI is InChI=1S/C29H34N4O3/c1-3-36-27-13-8-11-24(20-27)29(35)32-19-18-31(22-26-12-6-7-15-30-26)16-9-17-33(23(2)34)28-14-5-4-10-25(28)21-32/h4-8,10-15,20H,3,9,16-19,21-22H2,1-2H3. The van der Waals surface area contributed by atoms with Crippen LogP contribution in [0, 0.1) is 0 Å². The van der Waals surface area contributed by atoms with E-state index in [-0.39, 0.29) is 11.8 Å². The van der Waals surface area contributed by atoms with Crippen LogP contribution in [0.5, 0.6) is 5.75 Å². The fourth-order valence-corrected chi connectivity index (χ4v) is 4.59. The number of hydrogen-bond donors (Lipinski definition) is 0. The lowest BCUT2D eigenvalue weighted by molar-refractivity contribution is -0.116. The van der Waals surface area contributed by atoms with Crippen LogP contribution in [0.25, 0.3) is 0 Å². The molecule has 1 aliphatic heterocycles. The van der Waals surface area contributed by atoms with Gasteiger partial charge in [-0.1, -0.05) is 30.3 Å². The minimum Gasteiger partial charge on any atom is -0.494 e. The van der Waals surface area contributed by atoms with E-state index in [1.807, 2.05) is 77.4 Å². The van der Waals surface area contributed by atoms with Crippen molar-refractivity contribution in [3.05, 3.63) is 89.7 Å². The Morgan fingerprint density at radius 3 is 2.56 bits per heavy atom. The number of fused-ring (bicyclic) bond motifs is 1. The van der Waals surface area contributed by atoms with E-state index >= 15 is 0 Å². The van der Waals surface area contributed by atoms with E-state index in [1.165, 1.54) is 0 Å². The third kappa shape index (κ3) is 6.49. The molecule has 0 spiro atoms. The van der Waals surface area contributed by atoms with E-state index in [2.05, 4.69) is 9.88 Å². The maximum absolute atomic E-state index is 13.8. The van der Waals surface area contributed by atoms with Gasteiger partial charge in [-0.2, -0.15) is 0 Å². The number of nitrogens with zero attached hydrogens (tertiary/aromatic N) is 4. The second-order valence-electron chi connectivity index (χ2n) is 8.94. The summed E-state index contributed by atoms with van der Waals surface area (Å²) < 4.78 is 5.63. The third-order valence-corrected chi connectivity index (χ3v) is 6.36. The first kappa shape index (κ1) is 25.4. The van der Waals surface area contributed by atoms with Crippen molar-refractivity contribution >= 4 is 17.5 Å². The zero-order valence-corrected chi connectivity index (χ0v) is 21.1. The monoisotopic (exact) mass is 486 g/mol. The predicted molar refractivity (Wildman–Crippen MR) is 141 cm³/mol. The molecule has 0 atom stereocenters. The summed E-state index contributed by atoms with van der Waals surface area (Å²) in [6, 6.07) is 21.1. The van der Waals surface area contributed by atoms with Crippen molar-refractivity contribution in [2.75, 3.05) is 37.7 Å². The van der Waals surface area contributed by atoms with E-state index in [0.717, 1.165) is 29.9 Å². The molecule has 0 saturated heterocycles. The highest BCUT2D eigenvalue weighted by molar-refractivity contribution is 5.95. The Hall–Kier alpha value is -3.71. The van der Waals surface area contributed by atoms with E-state index in [9.17, 15) is 9.59 Å². The molecule has 2 amide bonds. The number of carbonyl (C=O) groups is 2. The van der Waals surface area contributed by atoms with Gasteiger partial charge in [0.05, 0.1) is 12.3 Å². The summed E-state index contributed by atoms with van der Waals surface area (Å²) in [7, 11) is 0. The molecule has 7 nitrogen and oxygen atoms in total. The van der Waals surface area contributed by atoms with E-state index in [4.69, 9.17) is 4.74 Å². The number of aromatic nitrogens is 1. The molecule has 3 aromatic rings. The minimum atomic E-state index is -0.0576. The van der Waals surface area contributed by atoms with Crippen LogP contribution in [0.15, 0.2) is 72.9 Å².